The Balaban J connectivity index is 1.49. The number of aryl methyl sites for hydroxylation is 1. The third-order valence-electron chi connectivity index (χ3n) is 5.35. The molecule has 4 rings (SSSR count). The number of carboxylic acid groups (broad SMARTS) is 2. The van der Waals surface area contributed by atoms with Crippen LogP contribution in [0.3, 0.4) is 0 Å². The number of hydrogen-bond donors (Lipinski definition) is 3. The predicted octanol–water partition coefficient (Wildman–Crippen LogP) is 0.822. The molecule has 0 amide bonds. The lowest BCUT2D eigenvalue weighted by atomic mass is 10.2. The molecule has 0 saturated carbocycles. The summed E-state index contributed by atoms with van der Waals surface area (Å²) in [6, 6.07) is 0.175. The number of anilines is 1. The smallest absolute Gasteiger partial charge is 0.344 e. The Hall–Kier alpha value is -2.83. The number of hydrogen-bond acceptors (Lipinski definition) is 9. The van der Waals surface area contributed by atoms with Gasteiger partial charge in [-0.15, -0.1) is 0 Å². The highest BCUT2D eigenvalue weighted by Gasteiger charge is 2.33. The number of rotatable bonds is 9. The first-order chi connectivity index (χ1) is 15.0. The SMILES string of the molecule is CCc1nc(NC2CCOC2)c2ncn(C3CCC(COC(C(=O)O)C(=O)O)O3)c2n1. The highest BCUT2D eigenvalue weighted by molar-refractivity contribution is 5.96. The normalized spacial score (nSPS) is 23.6. The first kappa shape index (κ1) is 21.4. The van der Waals surface area contributed by atoms with E-state index in [2.05, 4.69) is 20.3 Å². The quantitative estimate of drug-likeness (QED) is 0.479. The van der Waals surface area contributed by atoms with Crippen LogP contribution in [0.2, 0.25) is 0 Å². The van der Waals surface area contributed by atoms with Crippen molar-refractivity contribution >= 4 is 28.9 Å². The Morgan fingerprint density at radius 2 is 2.10 bits per heavy atom. The molecule has 0 spiro atoms. The zero-order chi connectivity index (χ0) is 22.0. The summed E-state index contributed by atoms with van der Waals surface area (Å²) < 4.78 is 18.3. The fourth-order valence-electron chi connectivity index (χ4n) is 3.74. The van der Waals surface area contributed by atoms with Crippen LogP contribution in [0.5, 0.6) is 0 Å². The van der Waals surface area contributed by atoms with E-state index >= 15 is 0 Å². The van der Waals surface area contributed by atoms with E-state index in [0.717, 1.165) is 6.42 Å². The molecule has 3 unspecified atom stereocenters. The molecule has 2 saturated heterocycles. The molecule has 2 aromatic rings. The van der Waals surface area contributed by atoms with Gasteiger partial charge >= 0.3 is 11.9 Å². The minimum absolute atomic E-state index is 0.129. The molecule has 2 aliphatic heterocycles. The van der Waals surface area contributed by atoms with Crippen LogP contribution in [-0.2, 0) is 30.2 Å². The van der Waals surface area contributed by atoms with E-state index in [0.29, 0.717) is 55.3 Å². The van der Waals surface area contributed by atoms with Crippen molar-refractivity contribution in [1.82, 2.24) is 19.5 Å². The first-order valence-corrected chi connectivity index (χ1v) is 10.3. The van der Waals surface area contributed by atoms with Crippen LogP contribution in [0, 0.1) is 0 Å². The zero-order valence-electron chi connectivity index (χ0n) is 17.1. The average Bonchev–Trinajstić information content (AvgIpc) is 3.48. The molecule has 2 aromatic heterocycles. The lowest BCUT2D eigenvalue weighted by Crippen LogP contribution is -2.35. The summed E-state index contributed by atoms with van der Waals surface area (Å²) in [5, 5.41) is 21.3. The molecule has 0 radical (unpaired) electrons. The van der Waals surface area contributed by atoms with Gasteiger partial charge in [-0.25, -0.2) is 24.5 Å². The van der Waals surface area contributed by atoms with Gasteiger partial charge in [0.05, 0.1) is 31.7 Å². The number of carbonyl (C=O) groups is 2. The van der Waals surface area contributed by atoms with Crippen molar-refractivity contribution in [2.75, 3.05) is 25.1 Å². The van der Waals surface area contributed by atoms with Crippen molar-refractivity contribution in [2.45, 2.75) is 57.1 Å². The number of fused-ring (bicyclic) bond motifs is 1. The summed E-state index contributed by atoms with van der Waals surface area (Å²) in [7, 11) is 0. The van der Waals surface area contributed by atoms with E-state index in [4.69, 9.17) is 24.4 Å². The Morgan fingerprint density at radius 3 is 2.77 bits per heavy atom. The molecule has 3 atom stereocenters. The molecular weight excluding hydrogens is 410 g/mol. The number of nitrogens with zero attached hydrogens (tertiary/aromatic N) is 4. The summed E-state index contributed by atoms with van der Waals surface area (Å²) in [5.74, 6) is -1.74. The molecule has 0 bridgehead atoms. The second kappa shape index (κ2) is 9.12. The molecular formula is C19H25N5O7. The van der Waals surface area contributed by atoms with Gasteiger partial charge in [-0.3, -0.25) is 4.57 Å². The monoisotopic (exact) mass is 435 g/mol. The summed E-state index contributed by atoms with van der Waals surface area (Å²) in [5.41, 5.74) is 1.29. The third-order valence-corrected chi connectivity index (χ3v) is 5.35. The maximum Gasteiger partial charge on any atom is 0.344 e. The lowest BCUT2D eigenvalue weighted by Gasteiger charge is -2.17. The zero-order valence-corrected chi connectivity index (χ0v) is 17.1. The van der Waals surface area contributed by atoms with Gasteiger partial charge in [0.2, 0.25) is 0 Å². The Labute approximate surface area is 177 Å². The maximum atomic E-state index is 11.0. The van der Waals surface area contributed by atoms with Gasteiger partial charge in [0.15, 0.2) is 17.0 Å². The van der Waals surface area contributed by atoms with E-state index in [1.807, 2.05) is 11.5 Å². The van der Waals surface area contributed by atoms with Gasteiger partial charge in [-0.2, -0.15) is 0 Å². The number of aliphatic carboxylic acids is 2. The van der Waals surface area contributed by atoms with Crippen molar-refractivity contribution in [2.24, 2.45) is 0 Å². The summed E-state index contributed by atoms with van der Waals surface area (Å²) in [4.78, 5) is 35.7. The van der Waals surface area contributed by atoms with Crippen molar-refractivity contribution in [3.05, 3.63) is 12.2 Å². The Kier molecular flexibility index (Phi) is 6.30. The molecule has 2 fully saturated rings. The average molecular weight is 435 g/mol. The molecule has 2 aliphatic rings. The van der Waals surface area contributed by atoms with Crippen molar-refractivity contribution in [3.63, 3.8) is 0 Å². The molecule has 31 heavy (non-hydrogen) atoms. The standard InChI is InChI=1S/C19H25N5O7/c1-2-12-22-16(21-10-5-6-29-7-10)14-17(23-12)24(9-20-14)13-4-3-11(31-13)8-30-15(18(25)26)19(27)28/h9-11,13,15H,2-8H2,1H3,(H,25,26)(H,27,28)(H,21,22,23). The highest BCUT2D eigenvalue weighted by Crippen LogP contribution is 2.32. The lowest BCUT2D eigenvalue weighted by molar-refractivity contribution is -0.168. The van der Waals surface area contributed by atoms with Crippen LogP contribution in [0.4, 0.5) is 5.82 Å². The summed E-state index contributed by atoms with van der Waals surface area (Å²) >= 11 is 0. The molecule has 12 nitrogen and oxygen atoms in total. The van der Waals surface area contributed by atoms with Gasteiger partial charge in [0, 0.05) is 13.0 Å². The van der Waals surface area contributed by atoms with Gasteiger partial charge in [0.25, 0.3) is 6.10 Å². The summed E-state index contributed by atoms with van der Waals surface area (Å²) in [6.45, 7) is 3.18. The van der Waals surface area contributed by atoms with Crippen LogP contribution in [0.25, 0.3) is 11.2 Å². The fourth-order valence-corrected chi connectivity index (χ4v) is 3.74. The van der Waals surface area contributed by atoms with E-state index in [1.54, 1.807) is 6.33 Å². The van der Waals surface area contributed by atoms with E-state index < -0.39 is 24.1 Å². The molecule has 12 heteroatoms. The maximum absolute atomic E-state index is 11.0. The topological polar surface area (TPSA) is 158 Å². The van der Waals surface area contributed by atoms with E-state index in [-0.39, 0.29) is 18.9 Å². The van der Waals surface area contributed by atoms with Crippen LogP contribution >= 0.6 is 0 Å². The molecule has 0 aliphatic carbocycles. The number of ether oxygens (including phenoxy) is 3. The number of carboxylic acids is 2. The number of aromatic nitrogens is 4. The first-order valence-electron chi connectivity index (χ1n) is 10.3. The minimum atomic E-state index is -1.91. The van der Waals surface area contributed by atoms with Gasteiger partial charge in [-0.05, 0) is 19.3 Å². The van der Waals surface area contributed by atoms with Crippen LogP contribution in [0.1, 0.15) is 38.2 Å². The van der Waals surface area contributed by atoms with Crippen molar-refractivity contribution in [1.29, 1.82) is 0 Å². The molecule has 3 N–H and O–H groups in total. The van der Waals surface area contributed by atoms with Crippen LogP contribution in [-0.4, -0.2) is 79.7 Å². The summed E-state index contributed by atoms with van der Waals surface area (Å²) in [6.07, 6.45) is 1.73. The van der Waals surface area contributed by atoms with E-state index in [1.165, 1.54) is 0 Å². The molecule has 168 valence electrons. The van der Waals surface area contributed by atoms with Crippen molar-refractivity contribution < 1.29 is 34.0 Å². The van der Waals surface area contributed by atoms with Crippen LogP contribution < -0.4 is 5.32 Å². The second-order valence-electron chi connectivity index (χ2n) is 7.55. The molecule has 4 heterocycles. The highest BCUT2D eigenvalue weighted by atomic mass is 16.6. The van der Waals surface area contributed by atoms with Gasteiger partial charge in [0.1, 0.15) is 12.1 Å². The molecule has 0 aromatic carbocycles. The number of imidazole rings is 1. The van der Waals surface area contributed by atoms with Gasteiger partial charge in [-0.1, -0.05) is 6.92 Å². The minimum Gasteiger partial charge on any atom is -0.479 e. The van der Waals surface area contributed by atoms with Crippen molar-refractivity contribution in [3.8, 4) is 0 Å². The second-order valence-corrected chi connectivity index (χ2v) is 7.55. The number of nitrogens with one attached hydrogen (secondary N) is 1. The fraction of sp³-hybridized carbons (Fsp3) is 0.632. The van der Waals surface area contributed by atoms with E-state index in [9.17, 15) is 9.59 Å². The van der Waals surface area contributed by atoms with Crippen LogP contribution in [0.15, 0.2) is 6.33 Å². The Morgan fingerprint density at radius 1 is 1.29 bits per heavy atom. The van der Waals surface area contributed by atoms with Gasteiger partial charge < -0.3 is 29.7 Å². The predicted molar refractivity (Wildman–Crippen MR) is 106 cm³/mol. The largest absolute Gasteiger partial charge is 0.479 e. The third kappa shape index (κ3) is 4.60. The Bertz CT molecular complexity index is 945.